The summed E-state index contributed by atoms with van der Waals surface area (Å²) in [6.45, 7) is 2.36. The minimum absolute atomic E-state index is 0. The third-order valence-corrected chi connectivity index (χ3v) is 3.36. The molecule has 0 aliphatic heterocycles. The zero-order valence-corrected chi connectivity index (χ0v) is 11.0. The van der Waals surface area contributed by atoms with Crippen molar-refractivity contribution < 1.29 is 4.79 Å². The van der Waals surface area contributed by atoms with Crippen molar-refractivity contribution in [3.63, 3.8) is 0 Å². The van der Waals surface area contributed by atoms with E-state index in [1.807, 2.05) is 0 Å². The molecule has 0 saturated heterocycles. The molecule has 1 aliphatic carbocycles. The van der Waals surface area contributed by atoms with Crippen LogP contribution >= 0.6 is 12.4 Å². The number of rotatable bonds is 5. The SMILES string of the molecule is CCCCC1CCC(NC(=O)CN)CC1.Cl. The molecule has 1 aliphatic rings. The fourth-order valence-electron chi connectivity index (χ4n) is 2.37. The Balaban J connectivity index is 0.00000225. The van der Waals surface area contributed by atoms with Gasteiger partial charge in [-0.2, -0.15) is 0 Å². The number of carbonyl (C=O) groups excluding carboxylic acids is 1. The number of halogens is 1. The van der Waals surface area contributed by atoms with Gasteiger partial charge in [-0.1, -0.05) is 26.2 Å². The molecule has 1 fully saturated rings. The molecule has 0 spiro atoms. The molecule has 0 aromatic rings. The molecule has 0 radical (unpaired) electrons. The van der Waals surface area contributed by atoms with Crippen LogP contribution in [0.25, 0.3) is 0 Å². The normalized spacial score (nSPS) is 24.6. The van der Waals surface area contributed by atoms with Gasteiger partial charge in [0, 0.05) is 6.04 Å². The maximum absolute atomic E-state index is 11.1. The molecule has 0 heterocycles. The second-order valence-electron chi connectivity index (χ2n) is 4.63. The van der Waals surface area contributed by atoms with Crippen molar-refractivity contribution in [2.24, 2.45) is 11.7 Å². The zero-order chi connectivity index (χ0) is 11.1. The van der Waals surface area contributed by atoms with E-state index in [1.165, 1.54) is 32.1 Å². The van der Waals surface area contributed by atoms with Crippen molar-refractivity contribution in [3.05, 3.63) is 0 Å². The lowest BCUT2D eigenvalue weighted by Crippen LogP contribution is -2.40. The third-order valence-electron chi connectivity index (χ3n) is 3.36. The Morgan fingerprint density at radius 1 is 1.31 bits per heavy atom. The fourth-order valence-corrected chi connectivity index (χ4v) is 2.37. The van der Waals surface area contributed by atoms with Crippen LogP contribution in [0.15, 0.2) is 0 Å². The first kappa shape index (κ1) is 15.7. The smallest absolute Gasteiger partial charge is 0.233 e. The summed E-state index contributed by atoms with van der Waals surface area (Å²) in [5.41, 5.74) is 5.27. The van der Waals surface area contributed by atoms with E-state index in [1.54, 1.807) is 0 Å². The number of nitrogens with two attached hydrogens (primary N) is 1. The van der Waals surface area contributed by atoms with Gasteiger partial charge in [0.2, 0.25) is 5.91 Å². The first-order chi connectivity index (χ1) is 7.26. The summed E-state index contributed by atoms with van der Waals surface area (Å²) in [4.78, 5) is 11.1. The Labute approximate surface area is 105 Å². The monoisotopic (exact) mass is 248 g/mol. The highest BCUT2D eigenvalue weighted by molar-refractivity contribution is 5.85. The van der Waals surface area contributed by atoms with E-state index in [-0.39, 0.29) is 24.9 Å². The zero-order valence-electron chi connectivity index (χ0n) is 10.2. The van der Waals surface area contributed by atoms with E-state index in [4.69, 9.17) is 5.73 Å². The predicted molar refractivity (Wildman–Crippen MR) is 69.7 cm³/mol. The quantitative estimate of drug-likeness (QED) is 0.784. The number of hydrogen-bond donors (Lipinski definition) is 2. The van der Waals surface area contributed by atoms with Gasteiger partial charge in [0.15, 0.2) is 0 Å². The highest BCUT2D eigenvalue weighted by Crippen LogP contribution is 2.28. The van der Waals surface area contributed by atoms with Crippen LogP contribution in [-0.4, -0.2) is 18.5 Å². The Morgan fingerprint density at radius 3 is 2.44 bits per heavy atom. The van der Waals surface area contributed by atoms with Crippen molar-refractivity contribution in [2.45, 2.75) is 57.9 Å². The number of hydrogen-bond acceptors (Lipinski definition) is 2. The van der Waals surface area contributed by atoms with Crippen molar-refractivity contribution in [3.8, 4) is 0 Å². The van der Waals surface area contributed by atoms with Crippen LogP contribution in [0.4, 0.5) is 0 Å². The van der Waals surface area contributed by atoms with Crippen molar-refractivity contribution in [2.75, 3.05) is 6.54 Å². The average Bonchev–Trinajstić information content (AvgIpc) is 2.28. The lowest BCUT2D eigenvalue weighted by molar-refractivity contribution is -0.120. The molecule has 1 rings (SSSR count). The molecule has 1 saturated carbocycles. The Kier molecular flexibility index (Phi) is 8.67. The van der Waals surface area contributed by atoms with Crippen LogP contribution in [0.5, 0.6) is 0 Å². The molecule has 0 aromatic carbocycles. The molecule has 0 bridgehead atoms. The first-order valence-electron chi connectivity index (χ1n) is 6.25. The van der Waals surface area contributed by atoms with Gasteiger partial charge in [-0.05, 0) is 31.6 Å². The van der Waals surface area contributed by atoms with E-state index in [0.717, 1.165) is 18.8 Å². The molecule has 0 atom stereocenters. The topological polar surface area (TPSA) is 55.1 Å². The summed E-state index contributed by atoms with van der Waals surface area (Å²) in [7, 11) is 0. The summed E-state index contributed by atoms with van der Waals surface area (Å²) >= 11 is 0. The second-order valence-corrected chi connectivity index (χ2v) is 4.63. The van der Waals surface area contributed by atoms with Crippen LogP contribution in [0.1, 0.15) is 51.9 Å². The minimum atomic E-state index is -0.00740. The van der Waals surface area contributed by atoms with Gasteiger partial charge in [-0.15, -0.1) is 12.4 Å². The van der Waals surface area contributed by atoms with Crippen molar-refractivity contribution in [1.29, 1.82) is 0 Å². The second kappa shape index (κ2) is 8.82. The van der Waals surface area contributed by atoms with Gasteiger partial charge in [-0.3, -0.25) is 4.79 Å². The van der Waals surface area contributed by atoms with Gasteiger partial charge >= 0.3 is 0 Å². The van der Waals surface area contributed by atoms with E-state index < -0.39 is 0 Å². The summed E-state index contributed by atoms with van der Waals surface area (Å²) < 4.78 is 0. The molecular weight excluding hydrogens is 224 g/mol. The van der Waals surface area contributed by atoms with Crippen LogP contribution < -0.4 is 11.1 Å². The Morgan fingerprint density at radius 2 is 1.94 bits per heavy atom. The molecule has 16 heavy (non-hydrogen) atoms. The maximum Gasteiger partial charge on any atom is 0.233 e. The van der Waals surface area contributed by atoms with E-state index >= 15 is 0 Å². The molecule has 0 unspecified atom stereocenters. The number of amides is 1. The summed E-state index contributed by atoms with van der Waals surface area (Å²) in [5.74, 6) is 0.892. The molecular formula is C12H25ClN2O. The van der Waals surface area contributed by atoms with Crippen LogP contribution in [0, 0.1) is 5.92 Å². The van der Waals surface area contributed by atoms with E-state index in [0.29, 0.717) is 6.04 Å². The largest absolute Gasteiger partial charge is 0.352 e. The van der Waals surface area contributed by atoms with Gasteiger partial charge in [0.1, 0.15) is 0 Å². The third kappa shape index (κ3) is 5.71. The maximum atomic E-state index is 11.1. The standard InChI is InChI=1S/C12H24N2O.ClH/c1-2-3-4-10-5-7-11(8-6-10)14-12(15)9-13;/h10-11H,2-9,13H2,1H3,(H,14,15);1H. The minimum Gasteiger partial charge on any atom is -0.352 e. The predicted octanol–water partition coefficient (Wildman–Crippen LogP) is 2.23. The molecule has 1 amide bonds. The lowest BCUT2D eigenvalue weighted by Gasteiger charge is -2.29. The molecule has 4 heteroatoms. The summed E-state index contributed by atoms with van der Waals surface area (Å²) in [5, 5.41) is 2.98. The van der Waals surface area contributed by atoms with Gasteiger partial charge in [0.05, 0.1) is 6.54 Å². The Hall–Kier alpha value is -0.280. The lowest BCUT2D eigenvalue weighted by atomic mass is 9.83. The molecule has 3 nitrogen and oxygen atoms in total. The summed E-state index contributed by atoms with van der Waals surface area (Å²) in [6, 6.07) is 0.388. The van der Waals surface area contributed by atoms with E-state index in [2.05, 4.69) is 12.2 Å². The molecule has 0 aromatic heterocycles. The van der Waals surface area contributed by atoms with Crippen molar-refractivity contribution in [1.82, 2.24) is 5.32 Å². The fraction of sp³-hybridized carbons (Fsp3) is 0.917. The van der Waals surface area contributed by atoms with Crippen LogP contribution in [0.3, 0.4) is 0 Å². The number of carbonyl (C=O) groups is 1. The Bertz CT molecular complexity index is 191. The number of unbranched alkanes of at least 4 members (excludes halogenated alkanes) is 1. The highest BCUT2D eigenvalue weighted by atomic mass is 35.5. The van der Waals surface area contributed by atoms with E-state index in [9.17, 15) is 4.79 Å². The highest BCUT2D eigenvalue weighted by Gasteiger charge is 2.21. The molecule has 3 N–H and O–H groups in total. The van der Waals surface area contributed by atoms with Gasteiger partial charge in [0.25, 0.3) is 0 Å². The first-order valence-corrected chi connectivity index (χ1v) is 6.25. The number of nitrogens with one attached hydrogen (secondary N) is 1. The van der Waals surface area contributed by atoms with Crippen LogP contribution in [-0.2, 0) is 4.79 Å². The average molecular weight is 249 g/mol. The van der Waals surface area contributed by atoms with Crippen LogP contribution in [0.2, 0.25) is 0 Å². The van der Waals surface area contributed by atoms with Gasteiger partial charge < -0.3 is 11.1 Å². The van der Waals surface area contributed by atoms with Crippen molar-refractivity contribution >= 4 is 18.3 Å². The van der Waals surface area contributed by atoms with Gasteiger partial charge in [-0.25, -0.2) is 0 Å². The summed E-state index contributed by atoms with van der Waals surface area (Å²) in [6.07, 6.45) is 8.84. The molecule has 96 valence electrons.